The summed E-state index contributed by atoms with van der Waals surface area (Å²) >= 11 is 3.49. The number of nitriles is 1. The molecule has 0 saturated heterocycles. The third-order valence-electron chi connectivity index (χ3n) is 4.17. The van der Waals surface area contributed by atoms with Gasteiger partial charge in [0.2, 0.25) is 0 Å². The Kier molecular flexibility index (Phi) is 7.21. The highest BCUT2D eigenvalue weighted by molar-refractivity contribution is 9.10. The van der Waals surface area contributed by atoms with Crippen molar-refractivity contribution in [1.29, 1.82) is 5.26 Å². The van der Waals surface area contributed by atoms with E-state index in [1.807, 2.05) is 84.9 Å². The highest BCUT2D eigenvalue weighted by atomic mass is 79.9. The number of amides is 1. The fourth-order valence-corrected chi connectivity index (χ4v) is 3.16. The van der Waals surface area contributed by atoms with Gasteiger partial charge in [-0.1, -0.05) is 66.7 Å². The maximum Gasteiger partial charge on any atom is 0.262 e. The second-order valence-electron chi connectivity index (χ2n) is 6.30. The normalized spacial score (nSPS) is 10.8. The lowest BCUT2D eigenvalue weighted by molar-refractivity contribution is -0.117. The average molecular weight is 447 g/mol. The molecule has 0 spiro atoms. The number of ether oxygens (including phenoxy) is 1. The van der Waals surface area contributed by atoms with Crippen LogP contribution in [0.4, 0.5) is 0 Å². The first kappa shape index (κ1) is 20.4. The van der Waals surface area contributed by atoms with Crippen LogP contribution >= 0.6 is 15.9 Å². The molecule has 0 aliphatic rings. The van der Waals surface area contributed by atoms with E-state index in [0.717, 1.165) is 21.2 Å². The molecule has 144 valence electrons. The van der Waals surface area contributed by atoms with E-state index in [1.165, 1.54) is 0 Å². The summed E-state index contributed by atoms with van der Waals surface area (Å²) in [4.78, 5) is 12.3. The molecule has 0 radical (unpaired) electrons. The highest BCUT2D eigenvalue weighted by Crippen LogP contribution is 2.27. The Hall–Kier alpha value is -3.36. The van der Waals surface area contributed by atoms with Crippen molar-refractivity contribution in [2.45, 2.75) is 13.2 Å². The number of carbonyl (C=O) groups is 1. The lowest BCUT2D eigenvalue weighted by Gasteiger charge is -2.09. The number of nitrogens with one attached hydrogen (secondary N) is 1. The Morgan fingerprint density at radius 3 is 2.28 bits per heavy atom. The fourth-order valence-electron chi connectivity index (χ4n) is 2.65. The summed E-state index contributed by atoms with van der Waals surface area (Å²) in [6.07, 6.45) is 1.56. The standard InChI is InChI=1S/C24H19BrN2O2/c25-22-14-20(11-12-23(22)29-17-19-9-5-2-6-10-19)13-21(15-26)24(28)27-16-18-7-3-1-4-8-18/h1-14H,16-17H2,(H,27,28). The summed E-state index contributed by atoms with van der Waals surface area (Å²) in [6.45, 7) is 0.828. The molecule has 0 atom stereocenters. The van der Waals surface area contributed by atoms with Crippen molar-refractivity contribution in [1.82, 2.24) is 5.32 Å². The molecule has 0 unspecified atom stereocenters. The molecule has 0 aliphatic carbocycles. The van der Waals surface area contributed by atoms with Crippen LogP contribution in [0, 0.1) is 11.3 Å². The zero-order chi connectivity index (χ0) is 20.5. The number of rotatable bonds is 7. The predicted octanol–water partition coefficient (Wildman–Crippen LogP) is 5.25. The van der Waals surface area contributed by atoms with Crippen LogP contribution in [0.25, 0.3) is 6.08 Å². The summed E-state index contributed by atoms with van der Waals surface area (Å²) in [5.74, 6) is 0.287. The fraction of sp³-hybridized carbons (Fsp3) is 0.0833. The second-order valence-corrected chi connectivity index (χ2v) is 7.16. The van der Waals surface area contributed by atoms with Gasteiger partial charge < -0.3 is 10.1 Å². The van der Waals surface area contributed by atoms with Crippen LogP contribution < -0.4 is 10.1 Å². The Morgan fingerprint density at radius 1 is 1.00 bits per heavy atom. The van der Waals surface area contributed by atoms with Gasteiger partial charge in [-0.25, -0.2) is 0 Å². The number of hydrogen-bond acceptors (Lipinski definition) is 3. The quantitative estimate of drug-likeness (QED) is 0.398. The summed E-state index contributed by atoms with van der Waals surface area (Å²) in [5, 5.41) is 12.1. The molecule has 4 nitrogen and oxygen atoms in total. The van der Waals surface area contributed by atoms with Crippen LogP contribution in [0.1, 0.15) is 16.7 Å². The van der Waals surface area contributed by atoms with E-state index >= 15 is 0 Å². The van der Waals surface area contributed by atoms with E-state index in [1.54, 1.807) is 6.08 Å². The minimum absolute atomic E-state index is 0.0470. The van der Waals surface area contributed by atoms with Gasteiger partial charge in [-0.15, -0.1) is 0 Å². The van der Waals surface area contributed by atoms with Gasteiger partial charge in [-0.2, -0.15) is 5.26 Å². The highest BCUT2D eigenvalue weighted by Gasteiger charge is 2.10. The van der Waals surface area contributed by atoms with Gasteiger partial charge in [0.05, 0.1) is 4.47 Å². The molecule has 0 aromatic heterocycles. The molecule has 0 fully saturated rings. The van der Waals surface area contributed by atoms with Crippen LogP contribution in [0.5, 0.6) is 5.75 Å². The van der Waals surface area contributed by atoms with Gasteiger partial charge in [0.15, 0.2) is 0 Å². The number of nitrogens with zero attached hydrogens (tertiary/aromatic N) is 1. The molecule has 1 amide bonds. The van der Waals surface area contributed by atoms with Gasteiger partial charge in [0.1, 0.15) is 24.0 Å². The number of hydrogen-bond donors (Lipinski definition) is 1. The van der Waals surface area contributed by atoms with Crippen LogP contribution in [-0.4, -0.2) is 5.91 Å². The van der Waals surface area contributed by atoms with Crippen molar-refractivity contribution >= 4 is 27.9 Å². The molecule has 0 saturated carbocycles. The molecular weight excluding hydrogens is 428 g/mol. The Labute approximate surface area is 178 Å². The molecule has 0 bridgehead atoms. The molecule has 1 N–H and O–H groups in total. The summed E-state index contributed by atoms with van der Waals surface area (Å²) in [7, 11) is 0. The third-order valence-corrected chi connectivity index (χ3v) is 4.78. The summed E-state index contributed by atoms with van der Waals surface area (Å²) < 4.78 is 6.59. The first-order valence-electron chi connectivity index (χ1n) is 9.06. The summed E-state index contributed by atoms with van der Waals surface area (Å²) in [5.41, 5.74) is 2.83. The third kappa shape index (κ3) is 6.06. The molecule has 5 heteroatoms. The first-order valence-corrected chi connectivity index (χ1v) is 9.85. The van der Waals surface area contributed by atoms with Gasteiger partial charge in [-0.05, 0) is 50.8 Å². The van der Waals surface area contributed by atoms with Gasteiger partial charge >= 0.3 is 0 Å². The van der Waals surface area contributed by atoms with Crippen molar-refractivity contribution in [2.24, 2.45) is 0 Å². The van der Waals surface area contributed by atoms with Crippen LogP contribution in [-0.2, 0) is 17.9 Å². The topological polar surface area (TPSA) is 62.1 Å². The van der Waals surface area contributed by atoms with Crippen LogP contribution in [0.2, 0.25) is 0 Å². The van der Waals surface area contributed by atoms with Gasteiger partial charge in [0.25, 0.3) is 5.91 Å². The molecular formula is C24H19BrN2O2. The SMILES string of the molecule is N#CC(=Cc1ccc(OCc2ccccc2)c(Br)c1)C(=O)NCc1ccccc1. The van der Waals surface area contributed by atoms with Crippen LogP contribution in [0.3, 0.4) is 0 Å². The molecule has 3 aromatic carbocycles. The zero-order valence-corrected chi connectivity index (χ0v) is 17.2. The van der Waals surface area contributed by atoms with Crippen LogP contribution in [0.15, 0.2) is 88.9 Å². The lowest BCUT2D eigenvalue weighted by Crippen LogP contribution is -2.23. The van der Waals surface area contributed by atoms with E-state index < -0.39 is 5.91 Å². The largest absolute Gasteiger partial charge is 0.488 e. The van der Waals surface area contributed by atoms with E-state index in [0.29, 0.717) is 18.9 Å². The van der Waals surface area contributed by atoms with Crippen molar-refractivity contribution in [3.8, 4) is 11.8 Å². The van der Waals surface area contributed by atoms with E-state index in [2.05, 4.69) is 21.2 Å². The van der Waals surface area contributed by atoms with Crippen molar-refractivity contribution in [2.75, 3.05) is 0 Å². The maximum atomic E-state index is 12.3. The van der Waals surface area contributed by atoms with Crippen molar-refractivity contribution in [3.63, 3.8) is 0 Å². The monoisotopic (exact) mass is 446 g/mol. The average Bonchev–Trinajstić information content (AvgIpc) is 2.76. The van der Waals surface area contributed by atoms with E-state index in [9.17, 15) is 10.1 Å². The zero-order valence-electron chi connectivity index (χ0n) is 15.6. The molecule has 0 heterocycles. The lowest BCUT2D eigenvalue weighted by atomic mass is 10.1. The van der Waals surface area contributed by atoms with E-state index in [-0.39, 0.29) is 5.57 Å². The predicted molar refractivity (Wildman–Crippen MR) is 117 cm³/mol. The first-order chi connectivity index (χ1) is 14.2. The number of carbonyl (C=O) groups excluding carboxylic acids is 1. The Bertz CT molecular complexity index is 1040. The van der Waals surface area contributed by atoms with Gasteiger partial charge in [0, 0.05) is 6.54 Å². The van der Waals surface area contributed by atoms with E-state index in [4.69, 9.17) is 4.74 Å². The minimum Gasteiger partial charge on any atom is -0.488 e. The number of benzene rings is 3. The molecule has 0 aliphatic heterocycles. The smallest absolute Gasteiger partial charge is 0.262 e. The van der Waals surface area contributed by atoms with Crippen molar-refractivity contribution in [3.05, 3.63) is 106 Å². The Balaban J connectivity index is 1.65. The summed E-state index contributed by atoms with van der Waals surface area (Å²) in [6, 6.07) is 26.9. The Morgan fingerprint density at radius 2 is 1.66 bits per heavy atom. The molecule has 3 aromatic rings. The van der Waals surface area contributed by atoms with Crippen molar-refractivity contribution < 1.29 is 9.53 Å². The maximum absolute atomic E-state index is 12.3. The second kappa shape index (κ2) is 10.3. The minimum atomic E-state index is -0.406. The molecule has 3 rings (SSSR count). The number of halogens is 1. The molecule has 29 heavy (non-hydrogen) atoms. The van der Waals surface area contributed by atoms with Gasteiger partial charge in [-0.3, -0.25) is 4.79 Å².